The molecular weight excluding hydrogens is 340 g/mol. The molecule has 5 nitrogen and oxygen atoms in total. The highest BCUT2D eigenvalue weighted by molar-refractivity contribution is 5.80. The van der Waals surface area contributed by atoms with Gasteiger partial charge in [0.2, 0.25) is 0 Å². The van der Waals surface area contributed by atoms with Crippen molar-refractivity contribution in [3.05, 3.63) is 29.8 Å². The van der Waals surface area contributed by atoms with Crippen molar-refractivity contribution in [2.75, 3.05) is 7.05 Å². The van der Waals surface area contributed by atoms with Crippen LogP contribution in [0.2, 0.25) is 0 Å². The van der Waals surface area contributed by atoms with E-state index in [-0.39, 0.29) is 0 Å². The van der Waals surface area contributed by atoms with Crippen LogP contribution in [0.3, 0.4) is 0 Å². The third kappa shape index (κ3) is 9.44. The van der Waals surface area contributed by atoms with Crippen LogP contribution in [-0.4, -0.2) is 29.3 Å². The second kappa shape index (κ2) is 14.1. The van der Waals surface area contributed by atoms with Crippen molar-refractivity contribution in [3.63, 3.8) is 0 Å². The summed E-state index contributed by atoms with van der Waals surface area (Å²) in [7, 11) is 1.30. The Balaban J connectivity index is 2.37. The first-order chi connectivity index (χ1) is 13.1. The monoisotopic (exact) mass is 374 g/mol. The summed E-state index contributed by atoms with van der Waals surface area (Å²) in [5.41, 5.74) is 0.388. The molecule has 0 bridgehead atoms. The molecule has 1 amide bonds. The summed E-state index contributed by atoms with van der Waals surface area (Å²) in [5, 5.41) is 19.2. The molecule has 0 aliphatic carbocycles. The average molecular weight is 375 g/mol. The van der Waals surface area contributed by atoms with Gasteiger partial charge in [-0.15, -0.1) is 0 Å². The van der Waals surface area contributed by atoms with Gasteiger partial charge in [0.15, 0.2) is 6.10 Å². The van der Waals surface area contributed by atoms with Crippen LogP contribution in [0, 0.1) is 11.3 Å². The lowest BCUT2D eigenvalue weighted by Crippen LogP contribution is -2.38. The Morgan fingerprint density at radius 1 is 1.07 bits per heavy atom. The number of carbonyl (C=O) groups excluding carboxylic acids is 1. The van der Waals surface area contributed by atoms with Crippen LogP contribution < -0.4 is 4.74 Å². The van der Waals surface area contributed by atoms with Gasteiger partial charge >= 0.3 is 0 Å². The predicted molar refractivity (Wildman–Crippen MR) is 107 cm³/mol. The minimum atomic E-state index is -0.774. The maximum absolute atomic E-state index is 12.2. The van der Waals surface area contributed by atoms with Gasteiger partial charge in [0.05, 0.1) is 5.56 Å². The molecule has 0 saturated carbocycles. The van der Waals surface area contributed by atoms with Crippen molar-refractivity contribution in [1.82, 2.24) is 5.06 Å². The van der Waals surface area contributed by atoms with Gasteiger partial charge < -0.3 is 4.74 Å². The van der Waals surface area contributed by atoms with Crippen LogP contribution in [0.15, 0.2) is 24.3 Å². The zero-order valence-corrected chi connectivity index (χ0v) is 16.8. The van der Waals surface area contributed by atoms with Crippen LogP contribution in [0.1, 0.15) is 83.1 Å². The minimum Gasteiger partial charge on any atom is -0.479 e. The number of hydrogen-bond donors (Lipinski definition) is 1. The molecule has 1 N–H and O–H groups in total. The van der Waals surface area contributed by atoms with Crippen LogP contribution in [-0.2, 0) is 4.79 Å². The maximum Gasteiger partial charge on any atom is 0.286 e. The average Bonchev–Trinajstić information content (AvgIpc) is 2.68. The largest absolute Gasteiger partial charge is 0.479 e. The zero-order chi connectivity index (χ0) is 19.9. The lowest BCUT2D eigenvalue weighted by atomic mass is 10.0. The van der Waals surface area contributed by atoms with Gasteiger partial charge in [-0.25, -0.2) is 5.06 Å². The number of unbranched alkanes of at least 4 members (excludes halogenated alkanes) is 9. The zero-order valence-electron chi connectivity index (χ0n) is 16.8. The Morgan fingerprint density at radius 3 is 2.19 bits per heavy atom. The third-order valence-corrected chi connectivity index (χ3v) is 4.69. The summed E-state index contributed by atoms with van der Waals surface area (Å²) in [4.78, 5) is 12.2. The molecule has 0 fully saturated rings. The van der Waals surface area contributed by atoms with Gasteiger partial charge in [-0.05, 0) is 25.0 Å². The second-order valence-corrected chi connectivity index (χ2v) is 7.05. The summed E-state index contributed by atoms with van der Waals surface area (Å²) >= 11 is 0. The molecule has 0 aliphatic rings. The van der Waals surface area contributed by atoms with E-state index in [0.717, 1.165) is 19.3 Å². The fourth-order valence-electron chi connectivity index (χ4n) is 3.07. The van der Waals surface area contributed by atoms with Crippen molar-refractivity contribution in [2.45, 2.75) is 83.7 Å². The number of benzene rings is 1. The fourth-order valence-corrected chi connectivity index (χ4v) is 3.07. The van der Waals surface area contributed by atoms with Crippen LogP contribution in [0.5, 0.6) is 5.75 Å². The molecule has 0 saturated heterocycles. The first-order valence-electron chi connectivity index (χ1n) is 10.2. The quantitative estimate of drug-likeness (QED) is 0.266. The molecule has 0 heterocycles. The van der Waals surface area contributed by atoms with E-state index in [0.29, 0.717) is 22.8 Å². The van der Waals surface area contributed by atoms with E-state index in [1.165, 1.54) is 52.0 Å². The number of carbonyl (C=O) groups is 1. The van der Waals surface area contributed by atoms with Crippen molar-refractivity contribution in [1.29, 1.82) is 5.26 Å². The van der Waals surface area contributed by atoms with Crippen molar-refractivity contribution >= 4 is 5.91 Å². The highest BCUT2D eigenvalue weighted by atomic mass is 16.5. The molecule has 150 valence electrons. The highest BCUT2D eigenvalue weighted by Crippen LogP contribution is 2.21. The number of hydrogen-bond acceptors (Lipinski definition) is 4. The number of hydroxylamine groups is 2. The number of nitrogens with zero attached hydrogens (tertiary/aromatic N) is 2. The Hall–Kier alpha value is -2.06. The van der Waals surface area contributed by atoms with Crippen LogP contribution in [0.4, 0.5) is 0 Å². The van der Waals surface area contributed by atoms with E-state index in [2.05, 4.69) is 13.0 Å². The summed E-state index contributed by atoms with van der Waals surface area (Å²) in [6, 6.07) is 8.91. The molecule has 5 heteroatoms. The molecule has 1 aromatic rings. The van der Waals surface area contributed by atoms with E-state index in [1.54, 1.807) is 24.3 Å². The molecule has 1 unspecified atom stereocenters. The summed E-state index contributed by atoms with van der Waals surface area (Å²) in [5.74, 6) is -0.106. The van der Waals surface area contributed by atoms with Crippen molar-refractivity contribution < 1.29 is 14.7 Å². The standard InChI is InChI=1S/C22H34N2O3/c1-3-4-5-6-7-8-9-10-11-12-17-21(22(25)24(2)26)27-20-16-14-13-15-19(20)18-23/h13-16,21,26H,3-12,17H2,1-2H3. The van der Waals surface area contributed by atoms with E-state index in [9.17, 15) is 10.0 Å². The van der Waals surface area contributed by atoms with Gasteiger partial charge in [0, 0.05) is 7.05 Å². The van der Waals surface area contributed by atoms with Gasteiger partial charge in [0.1, 0.15) is 11.8 Å². The molecule has 0 spiro atoms. The molecule has 1 rings (SSSR count). The summed E-state index contributed by atoms with van der Waals surface area (Å²) < 4.78 is 5.77. The SMILES string of the molecule is CCCCCCCCCCCCC(Oc1ccccc1C#N)C(=O)N(C)O. The van der Waals surface area contributed by atoms with Gasteiger partial charge in [0.25, 0.3) is 5.91 Å². The Morgan fingerprint density at radius 2 is 1.63 bits per heavy atom. The number of ether oxygens (including phenoxy) is 1. The summed E-state index contributed by atoms with van der Waals surface area (Å²) in [6.45, 7) is 2.23. The van der Waals surface area contributed by atoms with E-state index in [4.69, 9.17) is 10.00 Å². The topological polar surface area (TPSA) is 73.6 Å². The van der Waals surface area contributed by atoms with E-state index in [1.807, 2.05) is 0 Å². The molecule has 27 heavy (non-hydrogen) atoms. The highest BCUT2D eigenvalue weighted by Gasteiger charge is 2.24. The molecule has 1 aromatic carbocycles. The van der Waals surface area contributed by atoms with E-state index < -0.39 is 12.0 Å². The number of amides is 1. The van der Waals surface area contributed by atoms with Gasteiger partial charge in [-0.3, -0.25) is 10.0 Å². The Bertz CT molecular complexity index is 581. The number of likely N-dealkylation sites (N-methyl/N-ethyl adjacent to an activating group) is 1. The number of nitriles is 1. The first kappa shape index (κ1) is 23.0. The molecule has 0 radical (unpaired) electrons. The number of rotatable bonds is 14. The normalized spacial score (nSPS) is 11.6. The predicted octanol–water partition coefficient (Wildman–Crippen LogP) is 5.46. The second-order valence-electron chi connectivity index (χ2n) is 7.05. The fraction of sp³-hybridized carbons (Fsp3) is 0.636. The van der Waals surface area contributed by atoms with Crippen molar-refractivity contribution in [2.24, 2.45) is 0 Å². The Labute approximate surface area is 163 Å². The van der Waals surface area contributed by atoms with Crippen molar-refractivity contribution in [3.8, 4) is 11.8 Å². The first-order valence-corrected chi connectivity index (χ1v) is 10.2. The maximum atomic E-state index is 12.2. The molecule has 0 aromatic heterocycles. The lowest BCUT2D eigenvalue weighted by Gasteiger charge is -2.21. The summed E-state index contributed by atoms with van der Waals surface area (Å²) in [6.07, 6.45) is 11.9. The lowest BCUT2D eigenvalue weighted by molar-refractivity contribution is -0.167. The third-order valence-electron chi connectivity index (χ3n) is 4.69. The van der Waals surface area contributed by atoms with Gasteiger partial charge in [-0.1, -0.05) is 76.8 Å². The van der Waals surface area contributed by atoms with Gasteiger partial charge in [-0.2, -0.15) is 5.26 Å². The minimum absolute atomic E-state index is 0.382. The molecule has 0 aliphatic heterocycles. The Kier molecular flexibility index (Phi) is 12.0. The molecular formula is C22H34N2O3. The van der Waals surface area contributed by atoms with Crippen LogP contribution in [0.25, 0.3) is 0 Å². The van der Waals surface area contributed by atoms with E-state index >= 15 is 0 Å². The van der Waals surface area contributed by atoms with Crippen LogP contribution >= 0.6 is 0 Å². The molecule has 1 atom stereocenters. The number of para-hydroxylation sites is 1. The smallest absolute Gasteiger partial charge is 0.286 e.